The Kier molecular flexibility index (Phi) is 4.51. The molecule has 0 bridgehead atoms. The number of benzene rings is 1. The van der Waals surface area contributed by atoms with Crippen LogP contribution >= 0.6 is 0 Å². The summed E-state index contributed by atoms with van der Waals surface area (Å²) in [6.07, 6.45) is -0.433. The van der Waals surface area contributed by atoms with E-state index in [2.05, 4.69) is 6.07 Å². The Hall–Kier alpha value is -2.45. The van der Waals surface area contributed by atoms with E-state index in [1.165, 1.54) is 0 Å². The van der Waals surface area contributed by atoms with E-state index >= 15 is 0 Å². The summed E-state index contributed by atoms with van der Waals surface area (Å²) in [6, 6.07) is 10.5. The second-order valence-electron chi connectivity index (χ2n) is 4.86. The zero-order valence-corrected chi connectivity index (χ0v) is 12.3. The molecular weight excluding hydrogens is 268 g/mol. The van der Waals surface area contributed by atoms with Crippen molar-refractivity contribution in [3.63, 3.8) is 0 Å². The van der Waals surface area contributed by atoms with Gasteiger partial charge in [0.15, 0.2) is 6.10 Å². The molecule has 0 aliphatic rings. The van der Waals surface area contributed by atoms with Crippen molar-refractivity contribution in [1.29, 1.82) is 5.26 Å². The number of hydrogen-bond donors (Lipinski definition) is 1. The van der Waals surface area contributed by atoms with Crippen LogP contribution in [0.1, 0.15) is 30.1 Å². The third-order valence-corrected chi connectivity index (χ3v) is 3.03. The number of hydrogen-bond acceptors (Lipinski definition) is 5. The fraction of sp³-hybridized carbons (Fsp3) is 0.312. The molecule has 2 unspecified atom stereocenters. The van der Waals surface area contributed by atoms with E-state index in [0.29, 0.717) is 22.8 Å². The molecule has 2 aromatic rings. The highest BCUT2D eigenvalue weighted by atomic mass is 16.5. The Morgan fingerprint density at radius 2 is 1.95 bits per heavy atom. The molecule has 110 valence electrons. The van der Waals surface area contributed by atoms with Crippen LogP contribution in [0.5, 0.6) is 11.5 Å². The molecule has 5 heteroatoms. The van der Waals surface area contributed by atoms with Crippen molar-refractivity contribution in [1.82, 2.24) is 0 Å². The van der Waals surface area contributed by atoms with Crippen LogP contribution in [0.2, 0.25) is 0 Å². The minimum Gasteiger partial charge on any atom is -0.497 e. The van der Waals surface area contributed by atoms with Gasteiger partial charge in [-0.3, -0.25) is 0 Å². The van der Waals surface area contributed by atoms with Crippen LogP contribution in [0.4, 0.5) is 0 Å². The number of nitriles is 1. The Morgan fingerprint density at radius 1 is 1.24 bits per heavy atom. The Labute approximate surface area is 123 Å². The van der Waals surface area contributed by atoms with Gasteiger partial charge in [0, 0.05) is 12.1 Å². The van der Waals surface area contributed by atoms with Crippen molar-refractivity contribution in [2.24, 2.45) is 5.73 Å². The SMILES string of the molecule is COc1cc(C#N)cc(OC(c2ccc(C)o2)C(C)N)c1. The maximum atomic E-state index is 9.04. The van der Waals surface area contributed by atoms with Gasteiger partial charge in [-0.15, -0.1) is 0 Å². The van der Waals surface area contributed by atoms with Crippen LogP contribution in [0, 0.1) is 18.3 Å². The van der Waals surface area contributed by atoms with Crippen molar-refractivity contribution in [2.75, 3.05) is 7.11 Å². The summed E-state index contributed by atoms with van der Waals surface area (Å²) in [7, 11) is 1.54. The lowest BCUT2D eigenvalue weighted by Gasteiger charge is -2.21. The summed E-state index contributed by atoms with van der Waals surface area (Å²) in [5.41, 5.74) is 6.45. The molecule has 1 aromatic heterocycles. The number of rotatable bonds is 5. The van der Waals surface area contributed by atoms with Crippen molar-refractivity contribution in [3.05, 3.63) is 47.4 Å². The topological polar surface area (TPSA) is 81.4 Å². The predicted molar refractivity (Wildman–Crippen MR) is 78.2 cm³/mol. The number of aryl methyl sites for hydroxylation is 1. The lowest BCUT2D eigenvalue weighted by atomic mass is 10.1. The summed E-state index contributed by atoms with van der Waals surface area (Å²) >= 11 is 0. The number of furan rings is 1. The molecule has 0 saturated carbocycles. The molecule has 0 aliphatic carbocycles. The number of ether oxygens (including phenoxy) is 2. The fourth-order valence-corrected chi connectivity index (χ4v) is 2.00. The Morgan fingerprint density at radius 3 is 2.48 bits per heavy atom. The van der Waals surface area contributed by atoms with Gasteiger partial charge in [0.1, 0.15) is 23.0 Å². The lowest BCUT2D eigenvalue weighted by Crippen LogP contribution is -2.28. The van der Waals surface area contributed by atoms with Gasteiger partial charge < -0.3 is 19.6 Å². The average Bonchev–Trinajstić information content (AvgIpc) is 2.90. The standard InChI is InChI=1S/C16H18N2O3/c1-10-4-5-15(20-10)16(11(2)18)21-14-7-12(9-17)6-13(8-14)19-3/h4-8,11,16H,18H2,1-3H3. The first kappa shape index (κ1) is 14.9. The van der Waals surface area contributed by atoms with Crippen molar-refractivity contribution in [2.45, 2.75) is 26.0 Å². The molecule has 2 rings (SSSR count). The highest BCUT2D eigenvalue weighted by molar-refractivity contribution is 5.44. The van der Waals surface area contributed by atoms with Crippen molar-refractivity contribution < 1.29 is 13.9 Å². The summed E-state index contributed by atoms with van der Waals surface area (Å²) in [5, 5.41) is 9.04. The van der Waals surface area contributed by atoms with E-state index in [1.54, 1.807) is 25.3 Å². The molecule has 0 fully saturated rings. The van der Waals surface area contributed by atoms with Crippen LogP contribution in [0.3, 0.4) is 0 Å². The van der Waals surface area contributed by atoms with E-state index in [9.17, 15) is 0 Å². The molecular formula is C16H18N2O3. The summed E-state index contributed by atoms with van der Waals surface area (Å²) in [4.78, 5) is 0. The molecule has 2 atom stereocenters. The minimum atomic E-state index is -0.433. The van der Waals surface area contributed by atoms with Gasteiger partial charge in [-0.25, -0.2) is 0 Å². The third kappa shape index (κ3) is 3.56. The van der Waals surface area contributed by atoms with Gasteiger partial charge in [0.25, 0.3) is 0 Å². The van der Waals surface area contributed by atoms with Crippen LogP contribution in [0.25, 0.3) is 0 Å². The molecule has 1 heterocycles. The summed E-state index contributed by atoms with van der Waals surface area (Å²) in [5.74, 6) is 2.52. The highest BCUT2D eigenvalue weighted by Gasteiger charge is 2.22. The molecule has 0 saturated heterocycles. The van der Waals surface area contributed by atoms with Gasteiger partial charge in [-0.1, -0.05) is 0 Å². The monoisotopic (exact) mass is 286 g/mol. The zero-order valence-electron chi connectivity index (χ0n) is 12.3. The van der Waals surface area contributed by atoms with Gasteiger partial charge >= 0.3 is 0 Å². The van der Waals surface area contributed by atoms with Crippen LogP contribution in [0.15, 0.2) is 34.7 Å². The van der Waals surface area contributed by atoms with Crippen molar-refractivity contribution in [3.8, 4) is 17.6 Å². The first-order valence-electron chi connectivity index (χ1n) is 6.61. The number of nitrogens with two attached hydrogens (primary N) is 1. The molecule has 1 aromatic carbocycles. The third-order valence-electron chi connectivity index (χ3n) is 3.03. The highest BCUT2D eigenvalue weighted by Crippen LogP contribution is 2.29. The van der Waals surface area contributed by atoms with Crippen LogP contribution < -0.4 is 15.2 Å². The van der Waals surface area contributed by atoms with E-state index in [-0.39, 0.29) is 6.04 Å². The normalized spacial score (nSPS) is 13.3. The van der Waals surface area contributed by atoms with Crippen LogP contribution in [-0.2, 0) is 0 Å². The summed E-state index contributed by atoms with van der Waals surface area (Å²) < 4.78 is 16.7. The van der Waals surface area contributed by atoms with Crippen LogP contribution in [-0.4, -0.2) is 13.2 Å². The number of nitrogens with zero attached hydrogens (tertiary/aromatic N) is 1. The maximum Gasteiger partial charge on any atom is 0.171 e. The summed E-state index contributed by atoms with van der Waals surface area (Å²) in [6.45, 7) is 3.70. The first-order chi connectivity index (χ1) is 10.0. The lowest BCUT2D eigenvalue weighted by molar-refractivity contribution is 0.151. The first-order valence-corrected chi connectivity index (χ1v) is 6.61. The minimum absolute atomic E-state index is 0.271. The Bertz CT molecular complexity index is 656. The second kappa shape index (κ2) is 6.33. The number of methoxy groups -OCH3 is 1. The van der Waals surface area contributed by atoms with E-state index in [1.807, 2.05) is 26.0 Å². The van der Waals surface area contributed by atoms with Gasteiger partial charge in [-0.05, 0) is 38.1 Å². The molecule has 0 aliphatic heterocycles. The van der Waals surface area contributed by atoms with E-state index in [0.717, 1.165) is 5.76 Å². The maximum absolute atomic E-state index is 9.04. The molecule has 5 nitrogen and oxygen atoms in total. The van der Waals surface area contributed by atoms with E-state index in [4.69, 9.17) is 24.9 Å². The van der Waals surface area contributed by atoms with E-state index < -0.39 is 6.10 Å². The van der Waals surface area contributed by atoms with Crippen molar-refractivity contribution >= 4 is 0 Å². The molecule has 2 N–H and O–H groups in total. The largest absolute Gasteiger partial charge is 0.497 e. The zero-order chi connectivity index (χ0) is 15.4. The predicted octanol–water partition coefficient (Wildman–Crippen LogP) is 2.94. The smallest absolute Gasteiger partial charge is 0.171 e. The fourth-order valence-electron chi connectivity index (χ4n) is 2.00. The Balaban J connectivity index is 2.31. The molecule has 21 heavy (non-hydrogen) atoms. The quantitative estimate of drug-likeness (QED) is 0.913. The van der Waals surface area contributed by atoms with Gasteiger partial charge in [0.2, 0.25) is 0 Å². The van der Waals surface area contributed by atoms with Gasteiger partial charge in [-0.2, -0.15) is 5.26 Å². The average molecular weight is 286 g/mol. The molecule has 0 amide bonds. The second-order valence-corrected chi connectivity index (χ2v) is 4.86. The molecule has 0 spiro atoms. The van der Waals surface area contributed by atoms with Gasteiger partial charge in [0.05, 0.1) is 18.7 Å². The molecule has 0 radical (unpaired) electrons.